The first-order chi connectivity index (χ1) is 13.6. The molecule has 1 saturated carbocycles. The number of hydrogen-bond donors (Lipinski definition) is 1. The number of ether oxygens (including phenoxy) is 2. The van der Waals surface area contributed by atoms with Crippen molar-refractivity contribution >= 4 is 17.6 Å². The van der Waals surface area contributed by atoms with Crippen molar-refractivity contribution in [3.05, 3.63) is 70.8 Å². The number of allylic oxidation sites excluding steroid dienone is 2. The zero-order chi connectivity index (χ0) is 19.5. The van der Waals surface area contributed by atoms with Gasteiger partial charge < -0.3 is 14.6 Å². The van der Waals surface area contributed by atoms with Gasteiger partial charge in [0, 0.05) is 11.6 Å². The summed E-state index contributed by atoms with van der Waals surface area (Å²) in [7, 11) is 1.66. The Balaban J connectivity index is 1.60. The maximum absolute atomic E-state index is 10.9. The highest BCUT2D eigenvalue weighted by molar-refractivity contribution is 5.86. The van der Waals surface area contributed by atoms with Crippen molar-refractivity contribution in [1.82, 2.24) is 0 Å². The number of fused-ring (bicyclic) bond motifs is 2. The van der Waals surface area contributed by atoms with Crippen molar-refractivity contribution in [2.45, 2.75) is 32.3 Å². The van der Waals surface area contributed by atoms with Gasteiger partial charge in [0.05, 0.1) is 7.11 Å². The summed E-state index contributed by atoms with van der Waals surface area (Å²) in [5, 5.41) is 8.91. The third-order valence-corrected chi connectivity index (χ3v) is 5.61. The van der Waals surface area contributed by atoms with E-state index in [2.05, 4.69) is 6.07 Å². The van der Waals surface area contributed by atoms with Crippen LogP contribution in [0, 0.1) is 5.92 Å². The van der Waals surface area contributed by atoms with E-state index in [1.54, 1.807) is 18.8 Å². The van der Waals surface area contributed by atoms with E-state index in [1.165, 1.54) is 30.9 Å². The van der Waals surface area contributed by atoms with Crippen molar-refractivity contribution < 1.29 is 19.4 Å². The summed E-state index contributed by atoms with van der Waals surface area (Å²) in [4.78, 5) is 10.9. The minimum atomic E-state index is -0.941. The molecule has 4 rings (SSSR count). The van der Waals surface area contributed by atoms with E-state index in [0.29, 0.717) is 6.61 Å². The first-order valence-corrected chi connectivity index (χ1v) is 9.64. The molecular formula is C24H24O4. The Labute approximate surface area is 165 Å². The Morgan fingerprint density at radius 2 is 2.00 bits per heavy atom. The molecule has 0 spiro atoms. The summed E-state index contributed by atoms with van der Waals surface area (Å²) in [6.07, 6.45) is 7.57. The van der Waals surface area contributed by atoms with Crippen LogP contribution in [-0.2, 0) is 11.4 Å². The molecule has 4 nitrogen and oxygen atoms in total. The number of carboxylic acid groups (broad SMARTS) is 1. The molecule has 4 heteroatoms. The van der Waals surface area contributed by atoms with Crippen LogP contribution in [0.3, 0.4) is 0 Å². The molecule has 0 radical (unpaired) electrons. The minimum Gasteiger partial charge on any atom is -0.497 e. The predicted molar refractivity (Wildman–Crippen MR) is 109 cm³/mol. The van der Waals surface area contributed by atoms with Crippen molar-refractivity contribution in [3.63, 3.8) is 0 Å². The maximum Gasteiger partial charge on any atom is 0.328 e. The largest absolute Gasteiger partial charge is 0.497 e. The number of benzene rings is 2. The van der Waals surface area contributed by atoms with Crippen LogP contribution in [-0.4, -0.2) is 18.2 Å². The highest BCUT2D eigenvalue weighted by atomic mass is 16.5. The SMILES string of the molecule is COc1ccc(COc2ccc(/C=C/C(=O)O)cc2C2=C3CCC(C3)C2)cc1. The molecule has 2 bridgehead atoms. The van der Waals surface area contributed by atoms with Gasteiger partial charge in [-0.1, -0.05) is 23.8 Å². The van der Waals surface area contributed by atoms with Gasteiger partial charge in [-0.3, -0.25) is 0 Å². The third-order valence-electron chi connectivity index (χ3n) is 5.61. The molecule has 0 amide bonds. The zero-order valence-corrected chi connectivity index (χ0v) is 16.0. The quantitative estimate of drug-likeness (QED) is 0.664. The molecule has 28 heavy (non-hydrogen) atoms. The van der Waals surface area contributed by atoms with Crippen LogP contribution in [0.5, 0.6) is 11.5 Å². The number of methoxy groups -OCH3 is 1. The Morgan fingerprint density at radius 1 is 1.18 bits per heavy atom. The first kappa shape index (κ1) is 18.4. The van der Waals surface area contributed by atoms with E-state index in [1.807, 2.05) is 36.4 Å². The van der Waals surface area contributed by atoms with Gasteiger partial charge in [0.25, 0.3) is 0 Å². The average Bonchev–Trinajstić information content (AvgIpc) is 3.35. The van der Waals surface area contributed by atoms with Crippen molar-refractivity contribution in [3.8, 4) is 11.5 Å². The molecule has 0 aromatic heterocycles. The van der Waals surface area contributed by atoms with Crippen molar-refractivity contribution in [2.24, 2.45) is 5.92 Å². The molecule has 0 aliphatic heterocycles. The van der Waals surface area contributed by atoms with Gasteiger partial charge in [0.1, 0.15) is 18.1 Å². The van der Waals surface area contributed by atoms with Gasteiger partial charge in [0.2, 0.25) is 0 Å². The Hall–Kier alpha value is -3.01. The molecule has 2 aliphatic rings. The van der Waals surface area contributed by atoms with Crippen LogP contribution in [0.15, 0.2) is 54.1 Å². The number of aliphatic carboxylic acids is 1. The summed E-state index contributed by atoms with van der Waals surface area (Å²) >= 11 is 0. The molecule has 2 aromatic rings. The van der Waals surface area contributed by atoms with Gasteiger partial charge in [-0.05, 0) is 78.6 Å². The smallest absolute Gasteiger partial charge is 0.328 e. The van der Waals surface area contributed by atoms with Crippen LogP contribution in [0.25, 0.3) is 11.6 Å². The number of carbonyl (C=O) groups is 1. The molecule has 144 valence electrons. The van der Waals surface area contributed by atoms with E-state index in [0.717, 1.165) is 40.5 Å². The molecule has 2 aliphatic carbocycles. The molecule has 2 aromatic carbocycles. The monoisotopic (exact) mass is 376 g/mol. The van der Waals surface area contributed by atoms with E-state index in [9.17, 15) is 4.79 Å². The lowest BCUT2D eigenvalue weighted by molar-refractivity contribution is -0.131. The van der Waals surface area contributed by atoms with Crippen LogP contribution < -0.4 is 9.47 Å². The topological polar surface area (TPSA) is 55.8 Å². The Bertz CT molecular complexity index is 938. The minimum absolute atomic E-state index is 0.480. The Kier molecular flexibility index (Phi) is 5.20. The van der Waals surface area contributed by atoms with Gasteiger partial charge in [-0.15, -0.1) is 0 Å². The molecule has 1 unspecified atom stereocenters. The van der Waals surface area contributed by atoms with Crippen LogP contribution in [0.4, 0.5) is 0 Å². The van der Waals surface area contributed by atoms with E-state index in [4.69, 9.17) is 14.6 Å². The number of carboxylic acids is 1. The lowest BCUT2D eigenvalue weighted by Crippen LogP contribution is -2.01. The fourth-order valence-corrected chi connectivity index (χ4v) is 4.18. The lowest BCUT2D eigenvalue weighted by Gasteiger charge is -2.18. The number of rotatable bonds is 7. The molecule has 1 fully saturated rings. The second-order valence-corrected chi connectivity index (χ2v) is 7.46. The molecule has 0 heterocycles. The summed E-state index contributed by atoms with van der Waals surface area (Å²) in [5.74, 6) is 1.51. The highest BCUT2D eigenvalue weighted by Gasteiger charge is 2.31. The normalized spacial score (nSPS) is 18.1. The lowest BCUT2D eigenvalue weighted by atomic mass is 9.92. The molecule has 0 saturated heterocycles. The van der Waals surface area contributed by atoms with Crippen LogP contribution in [0.1, 0.15) is 42.4 Å². The second-order valence-electron chi connectivity index (χ2n) is 7.46. The second kappa shape index (κ2) is 7.93. The standard InChI is InChI=1S/C24H24O4/c1-27-20-8-3-17(4-9-20)15-28-23-10-5-16(6-11-24(25)26)13-22(23)21-14-18-2-7-19(21)12-18/h3-6,8-11,13,18H,2,7,12,14-15H2,1H3,(H,25,26)/b11-6+. The summed E-state index contributed by atoms with van der Waals surface area (Å²) in [6.45, 7) is 0.480. The molecule has 1 N–H and O–H groups in total. The van der Waals surface area contributed by atoms with Gasteiger partial charge >= 0.3 is 5.97 Å². The van der Waals surface area contributed by atoms with E-state index < -0.39 is 5.97 Å². The van der Waals surface area contributed by atoms with Crippen LogP contribution in [0.2, 0.25) is 0 Å². The van der Waals surface area contributed by atoms with Crippen molar-refractivity contribution in [1.29, 1.82) is 0 Å². The van der Waals surface area contributed by atoms with Gasteiger partial charge in [0.15, 0.2) is 0 Å². The van der Waals surface area contributed by atoms with Gasteiger partial charge in [-0.2, -0.15) is 0 Å². The predicted octanol–water partition coefficient (Wildman–Crippen LogP) is 5.33. The Morgan fingerprint density at radius 3 is 2.64 bits per heavy atom. The zero-order valence-electron chi connectivity index (χ0n) is 16.0. The summed E-state index contributed by atoms with van der Waals surface area (Å²) in [6, 6.07) is 13.8. The summed E-state index contributed by atoms with van der Waals surface area (Å²) in [5.41, 5.74) is 6.00. The molecule has 1 atom stereocenters. The number of hydrogen-bond acceptors (Lipinski definition) is 3. The van der Waals surface area contributed by atoms with E-state index in [-0.39, 0.29) is 0 Å². The molecular weight excluding hydrogens is 352 g/mol. The fraction of sp³-hybridized carbons (Fsp3) is 0.292. The van der Waals surface area contributed by atoms with E-state index >= 15 is 0 Å². The third kappa shape index (κ3) is 3.96. The first-order valence-electron chi connectivity index (χ1n) is 9.64. The summed E-state index contributed by atoms with van der Waals surface area (Å²) < 4.78 is 11.4. The fourth-order valence-electron chi connectivity index (χ4n) is 4.18. The average molecular weight is 376 g/mol. The van der Waals surface area contributed by atoms with Crippen LogP contribution >= 0.6 is 0 Å². The van der Waals surface area contributed by atoms with Crippen molar-refractivity contribution in [2.75, 3.05) is 7.11 Å². The van der Waals surface area contributed by atoms with Gasteiger partial charge in [-0.25, -0.2) is 4.79 Å². The highest BCUT2D eigenvalue weighted by Crippen LogP contribution is 2.50. The maximum atomic E-state index is 10.9.